The molecule has 0 fully saturated rings. The van der Waals surface area contributed by atoms with Gasteiger partial charge in [-0.15, -0.1) is 6.58 Å². The van der Waals surface area contributed by atoms with Crippen LogP contribution < -0.4 is 11.3 Å². The van der Waals surface area contributed by atoms with E-state index in [2.05, 4.69) is 34.6 Å². The number of unbranched alkanes of at least 4 members (excludes halogenated alkanes) is 3. The number of halogens is 2. The number of nitrogens with one attached hydrogen (secondary N) is 1. The Kier molecular flexibility index (Phi) is 7.90. The lowest BCUT2D eigenvalue weighted by atomic mass is 10.0. The van der Waals surface area contributed by atoms with E-state index in [1.807, 2.05) is 24.3 Å². The van der Waals surface area contributed by atoms with E-state index < -0.39 is 0 Å². The molecule has 0 radical (unpaired) electrons. The van der Waals surface area contributed by atoms with Crippen LogP contribution in [0.25, 0.3) is 0 Å². The number of hydrogen-bond donors (Lipinski definition) is 2. The van der Waals surface area contributed by atoms with Crippen LogP contribution in [0.1, 0.15) is 43.7 Å². The number of nitrogens with two attached hydrogens (primary N) is 1. The number of benzene rings is 1. The molecule has 0 bridgehead atoms. The van der Waals surface area contributed by atoms with Crippen molar-refractivity contribution in [3.63, 3.8) is 0 Å². The van der Waals surface area contributed by atoms with Crippen LogP contribution in [-0.2, 0) is 0 Å². The van der Waals surface area contributed by atoms with Gasteiger partial charge in [-0.2, -0.15) is 0 Å². The van der Waals surface area contributed by atoms with Crippen LogP contribution in [0.3, 0.4) is 0 Å². The molecule has 1 aromatic carbocycles. The molecule has 0 aliphatic carbocycles. The summed E-state index contributed by atoms with van der Waals surface area (Å²) in [7, 11) is 0. The van der Waals surface area contributed by atoms with E-state index in [1.165, 1.54) is 22.0 Å². The zero-order chi connectivity index (χ0) is 13.4. The van der Waals surface area contributed by atoms with Crippen LogP contribution in [0, 0.1) is 3.57 Å². The first kappa shape index (κ1) is 16.0. The first-order valence-corrected chi connectivity index (χ1v) is 7.66. The molecule has 4 heteroatoms. The highest BCUT2D eigenvalue weighted by Crippen LogP contribution is 2.27. The summed E-state index contributed by atoms with van der Waals surface area (Å²) in [6.45, 7) is 3.73. The molecule has 18 heavy (non-hydrogen) atoms. The van der Waals surface area contributed by atoms with Gasteiger partial charge in [0.05, 0.1) is 0 Å². The summed E-state index contributed by atoms with van der Waals surface area (Å²) in [6, 6.07) is 6.11. The highest BCUT2D eigenvalue weighted by Gasteiger charge is 2.13. The van der Waals surface area contributed by atoms with Crippen molar-refractivity contribution >= 4 is 34.2 Å². The van der Waals surface area contributed by atoms with Crippen molar-refractivity contribution < 1.29 is 0 Å². The fraction of sp³-hybridized carbons (Fsp3) is 0.429. The average Bonchev–Trinajstić information content (AvgIpc) is 2.37. The van der Waals surface area contributed by atoms with E-state index in [9.17, 15) is 0 Å². The van der Waals surface area contributed by atoms with Crippen molar-refractivity contribution in [3.8, 4) is 0 Å². The van der Waals surface area contributed by atoms with Gasteiger partial charge in [-0.3, -0.25) is 11.3 Å². The Morgan fingerprint density at radius 1 is 1.39 bits per heavy atom. The normalized spacial score (nSPS) is 12.4. The van der Waals surface area contributed by atoms with Crippen LogP contribution in [0.15, 0.2) is 30.9 Å². The van der Waals surface area contributed by atoms with Crippen molar-refractivity contribution in [1.82, 2.24) is 5.43 Å². The topological polar surface area (TPSA) is 38.0 Å². The van der Waals surface area contributed by atoms with Gasteiger partial charge in [-0.25, -0.2) is 0 Å². The molecule has 1 unspecified atom stereocenters. The molecule has 0 heterocycles. The van der Waals surface area contributed by atoms with Gasteiger partial charge in [0.15, 0.2) is 0 Å². The Morgan fingerprint density at radius 3 is 2.83 bits per heavy atom. The summed E-state index contributed by atoms with van der Waals surface area (Å²) in [4.78, 5) is 0. The molecule has 0 aliphatic heterocycles. The monoisotopic (exact) mass is 378 g/mol. The van der Waals surface area contributed by atoms with Crippen molar-refractivity contribution in [2.75, 3.05) is 0 Å². The SMILES string of the molecule is C=CCCCCCC(NN)c1cc(Cl)ccc1I. The molecule has 0 saturated carbocycles. The van der Waals surface area contributed by atoms with Crippen molar-refractivity contribution in [2.45, 2.75) is 38.1 Å². The Labute approximate surface area is 128 Å². The zero-order valence-electron chi connectivity index (χ0n) is 10.5. The van der Waals surface area contributed by atoms with Crippen LogP contribution in [0.4, 0.5) is 0 Å². The third-order valence-electron chi connectivity index (χ3n) is 2.94. The van der Waals surface area contributed by atoms with Gasteiger partial charge in [0.1, 0.15) is 0 Å². The van der Waals surface area contributed by atoms with Gasteiger partial charge >= 0.3 is 0 Å². The minimum atomic E-state index is 0.180. The molecular formula is C14H20ClIN2. The lowest BCUT2D eigenvalue weighted by molar-refractivity contribution is 0.482. The highest BCUT2D eigenvalue weighted by molar-refractivity contribution is 14.1. The van der Waals surface area contributed by atoms with Gasteiger partial charge in [-0.05, 0) is 65.6 Å². The summed E-state index contributed by atoms with van der Waals surface area (Å²) in [5, 5.41) is 0.761. The molecule has 0 spiro atoms. The largest absolute Gasteiger partial charge is 0.271 e. The Morgan fingerprint density at radius 2 is 2.17 bits per heavy atom. The molecule has 0 aliphatic rings. The molecule has 0 amide bonds. The van der Waals surface area contributed by atoms with E-state index >= 15 is 0 Å². The maximum Gasteiger partial charge on any atom is 0.0471 e. The van der Waals surface area contributed by atoms with E-state index in [-0.39, 0.29) is 6.04 Å². The number of hydrazine groups is 1. The van der Waals surface area contributed by atoms with Gasteiger partial charge < -0.3 is 0 Å². The Balaban J connectivity index is 2.54. The standard InChI is InChI=1S/C14H20ClIN2/c1-2-3-4-5-6-7-14(18-17)12-10-11(15)8-9-13(12)16/h2,8-10,14,18H,1,3-7,17H2. The lowest BCUT2D eigenvalue weighted by Crippen LogP contribution is -2.28. The fourth-order valence-corrected chi connectivity index (χ4v) is 2.82. The van der Waals surface area contributed by atoms with Crippen LogP contribution in [0.2, 0.25) is 5.02 Å². The van der Waals surface area contributed by atoms with E-state index in [0.29, 0.717) is 0 Å². The zero-order valence-corrected chi connectivity index (χ0v) is 13.4. The van der Waals surface area contributed by atoms with Crippen LogP contribution in [-0.4, -0.2) is 0 Å². The van der Waals surface area contributed by atoms with Crippen LogP contribution >= 0.6 is 34.2 Å². The third-order valence-corrected chi connectivity index (χ3v) is 4.15. The van der Waals surface area contributed by atoms with Gasteiger partial charge in [0, 0.05) is 14.6 Å². The van der Waals surface area contributed by atoms with Gasteiger partial charge in [-0.1, -0.05) is 30.5 Å². The summed E-state index contributed by atoms with van der Waals surface area (Å²) in [5.41, 5.74) is 4.08. The minimum absolute atomic E-state index is 0.180. The van der Waals surface area contributed by atoms with Gasteiger partial charge in [0.2, 0.25) is 0 Å². The van der Waals surface area contributed by atoms with Crippen molar-refractivity contribution in [2.24, 2.45) is 5.84 Å². The number of allylic oxidation sites excluding steroid dienone is 1. The Bertz CT molecular complexity index is 382. The smallest absolute Gasteiger partial charge is 0.0471 e. The molecule has 1 aromatic rings. The average molecular weight is 379 g/mol. The number of hydrogen-bond acceptors (Lipinski definition) is 2. The van der Waals surface area contributed by atoms with Crippen molar-refractivity contribution in [1.29, 1.82) is 0 Å². The van der Waals surface area contributed by atoms with Crippen LogP contribution in [0.5, 0.6) is 0 Å². The lowest BCUT2D eigenvalue weighted by Gasteiger charge is -2.18. The molecule has 0 aromatic heterocycles. The Hall–Kier alpha value is -0.100. The molecule has 3 N–H and O–H groups in total. The highest BCUT2D eigenvalue weighted by atomic mass is 127. The maximum atomic E-state index is 6.04. The third kappa shape index (κ3) is 5.26. The summed E-state index contributed by atoms with van der Waals surface area (Å²) < 4.78 is 1.20. The van der Waals surface area contributed by atoms with E-state index in [4.69, 9.17) is 17.4 Å². The summed E-state index contributed by atoms with van der Waals surface area (Å²) in [5.74, 6) is 5.65. The second-order valence-electron chi connectivity index (χ2n) is 4.31. The number of rotatable bonds is 8. The molecule has 0 saturated heterocycles. The van der Waals surface area contributed by atoms with E-state index in [0.717, 1.165) is 24.3 Å². The maximum absolute atomic E-state index is 6.04. The first-order chi connectivity index (χ1) is 8.69. The molecule has 1 atom stereocenters. The summed E-state index contributed by atoms with van der Waals surface area (Å²) >= 11 is 8.36. The molecular weight excluding hydrogens is 359 g/mol. The summed E-state index contributed by atoms with van der Waals surface area (Å²) in [6.07, 6.45) is 7.66. The predicted molar refractivity (Wildman–Crippen MR) is 87.5 cm³/mol. The second-order valence-corrected chi connectivity index (χ2v) is 5.91. The van der Waals surface area contributed by atoms with Crippen molar-refractivity contribution in [3.05, 3.63) is 45.0 Å². The quantitative estimate of drug-likeness (QED) is 0.228. The molecule has 1 rings (SSSR count). The van der Waals surface area contributed by atoms with E-state index in [1.54, 1.807) is 0 Å². The first-order valence-electron chi connectivity index (χ1n) is 6.21. The second kappa shape index (κ2) is 8.91. The minimum Gasteiger partial charge on any atom is -0.271 e. The fourth-order valence-electron chi connectivity index (χ4n) is 1.92. The molecule has 100 valence electrons. The predicted octanol–water partition coefficient (Wildman–Crippen LogP) is 4.59. The van der Waals surface area contributed by atoms with Gasteiger partial charge in [0.25, 0.3) is 0 Å². The molecule has 2 nitrogen and oxygen atoms in total.